The van der Waals surface area contributed by atoms with Crippen LogP contribution in [0.2, 0.25) is 0 Å². The lowest BCUT2D eigenvalue weighted by molar-refractivity contribution is -0.112. The summed E-state index contributed by atoms with van der Waals surface area (Å²) < 4.78 is 7.30. The number of piperazine rings is 1. The Bertz CT molecular complexity index is 1770. The topological polar surface area (TPSA) is 79.2 Å². The first-order chi connectivity index (χ1) is 20.9. The minimum Gasteiger partial charge on any atom is -0.380 e. The van der Waals surface area contributed by atoms with Gasteiger partial charge in [0.2, 0.25) is 0 Å². The maximum absolute atomic E-state index is 13.7. The maximum atomic E-state index is 13.7. The molecule has 0 unspecified atom stereocenters. The zero-order valence-electron chi connectivity index (χ0n) is 24.7. The van der Waals surface area contributed by atoms with E-state index in [0.717, 1.165) is 65.6 Å². The van der Waals surface area contributed by atoms with Crippen LogP contribution in [0.4, 0.5) is 17.2 Å². The molecule has 1 N–H and O–H groups in total. The first-order valence-electron chi connectivity index (χ1n) is 14.5. The van der Waals surface area contributed by atoms with Crippen molar-refractivity contribution in [3.8, 4) is 11.1 Å². The number of carbonyl (C=O) groups excluding carboxylic acids is 2. The first-order valence-corrected chi connectivity index (χ1v) is 14.5. The number of carbonyl (C=O) groups is 2. The predicted octanol–water partition coefficient (Wildman–Crippen LogP) is 5.91. The van der Waals surface area contributed by atoms with Crippen LogP contribution in [0.3, 0.4) is 0 Å². The van der Waals surface area contributed by atoms with Crippen LogP contribution in [0.25, 0.3) is 16.6 Å². The SMILES string of the molecule is COCc1cc(NC(=O)C(=O)c2c(-c3ccccc3)cc3ccccn23)ccc1N1CCN(c2cc(C)cc(C)n2)CC1. The molecule has 1 aliphatic heterocycles. The van der Waals surface area contributed by atoms with E-state index in [0.29, 0.717) is 18.0 Å². The summed E-state index contributed by atoms with van der Waals surface area (Å²) in [6, 6.07) is 27.3. The number of fused-ring (bicyclic) bond motifs is 1. The van der Waals surface area contributed by atoms with Gasteiger partial charge in [-0.05, 0) is 73.5 Å². The van der Waals surface area contributed by atoms with Crippen molar-refractivity contribution in [2.45, 2.75) is 20.5 Å². The van der Waals surface area contributed by atoms with Crippen molar-refractivity contribution >= 4 is 34.4 Å². The van der Waals surface area contributed by atoms with E-state index in [1.807, 2.05) is 85.9 Å². The van der Waals surface area contributed by atoms with Gasteiger partial charge in [0.25, 0.3) is 11.7 Å². The molecule has 1 saturated heterocycles. The number of nitrogens with one attached hydrogen (secondary N) is 1. The molecule has 3 aromatic heterocycles. The number of aromatic nitrogens is 2. The van der Waals surface area contributed by atoms with Crippen LogP contribution in [0.15, 0.2) is 91.1 Å². The first kappa shape index (κ1) is 28.2. The maximum Gasteiger partial charge on any atom is 0.298 e. The monoisotopic (exact) mass is 573 g/mol. The van der Waals surface area contributed by atoms with Gasteiger partial charge in [0, 0.05) is 73.2 Å². The van der Waals surface area contributed by atoms with E-state index in [1.165, 1.54) is 5.56 Å². The Morgan fingerprint density at radius 3 is 2.35 bits per heavy atom. The number of rotatable bonds is 8. The van der Waals surface area contributed by atoms with E-state index in [4.69, 9.17) is 9.72 Å². The third-order valence-corrected chi connectivity index (χ3v) is 7.85. The summed E-state index contributed by atoms with van der Waals surface area (Å²) in [7, 11) is 1.66. The number of nitrogens with zero attached hydrogens (tertiary/aromatic N) is 4. The van der Waals surface area contributed by atoms with Gasteiger partial charge in [-0.25, -0.2) is 4.98 Å². The molecule has 8 nitrogen and oxygen atoms in total. The molecule has 43 heavy (non-hydrogen) atoms. The predicted molar refractivity (Wildman–Crippen MR) is 171 cm³/mol. The fourth-order valence-corrected chi connectivity index (χ4v) is 5.89. The lowest BCUT2D eigenvalue weighted by Crippen LogP contribution is -2.47. The smallest absolute Gasteiger partial charge is 0.298 e. The quantitative estimate of drug-likeness (QED) is 0.184. The minimum absolute atomic E-state index is 0.337. The van der Waals surface area contributed by atoms with Crippen LogP contribution in [0, 0.1) is 13.8 Å². The van der Waals surface area contributed by atoms with Crippen LogP contribution in [-0.4, -0.2) is 54.4 Å². The molecular weight excluding hydrogens is 538 g/mol. The third kappa shape index (κ3) is 5.87. The van der Waals surface area contributed by atoms with E-state index in [2.05, 4.69) is 34.2 Å². The van der Waals surface area contributed by atoms with Crippen molar-refractivity contribution in [3.63, 3.8) is 0 Å². The molecule has 0 atom stereocenters. The van der Waals surface area contributed by atoms with E-state index in [-0.39, 0.29) is 0 Å². The van der Waals surface area contributed by atoms with Crippen LogP contribution in [0.1, 0.15) is 27.3 Å². The van der Waals surface area contributed by atoms with Gasteiger partial charge in [0.15, 0.2) is 0 Å². The number of methoxy groups -OCH3 is 1. The largest absolute Gasteiger partial charge is 0.380 e. The molecule has 6 rings (SSSR count). The van der Waals surface area contributed by atoms with E-state index < -0.39 is 11.7 Å². The molecule has 1 amide bonds. The standard InChI is InChI=1S/C35H35N5O3/c1-24-19-25(2)36-32(20-24)39-17-15-38(16-18-39)31-13-12-28(21-27(31)23-43-3)37-35(42)34(41)33-30(26-9-5-4-6-10-26)22-29-11-7-8-14-40(29)33/h4-14,19-22H,15-18,23H2,1-3H3,(H,37,42). The second-order valence-corrected chi connectivity index (χ2v) is 10.9. The van der Waals surface area contributed by atoms with Crippen LogP contribution in [0.5, 0.6) is 0 Å². The van der Waals surface area contributed by atoms with Gasteiger partial charge < -0.3 is 24.3 Å². The highest BCUT2D eigenvalue weighted by molar-refractivity contribution is 6.47. The number of hydrogen-bond acceptors (Lipinski definition) is 6. The molecule has 0 aliphatic carbocycles. The lowest BCUT2D eigenvalue weighted by Gasteiger charge is -2.37. The Morgan fingerprint density at radius 2 is 1.60 bits per heavy atom. The summed E-state index contributed by atoms with van der Waals surface area (Å²) in [5.41, 5.74) is 7.57. The number of Topliss-reactive ketones (excluding diaryl/α,β-unsaturated/α-hetero) is 1. The van der Waals surface area contributed by atoms with Gasteiger partial charge in [-0.1, -0.05) is 36.4 Å². The van der Waals surface area contributed by atoms with Crippen LogP contribution < -0.4 is 15.1 Å². The fourth-order valence-electron chi connectivity index (χ4n) is 5.89. The van der Waals surface area contributed by atoms with Crippen molar-refractivity contribution in [2.24, 2.45) is 0 Å². The highest BCUT2D eigenvalue weighted by Gasteiger charge is 2.26. The second kappa shape index (κ2) is 12.1. The summed E-state index contributed by atoms with van der Waals surface area (Å²) >= 11 is 0. The van der Waals surface area contributed by atoms with Crippen molar-refractivity contribution in [1.29, 1.82) is 0 Å². The van der Waals surface area contributed by atoms with E-state index >= 15 is 0 Å². The average Bonchev–Trinajstić information content (AvgIpc) is 3.41. The average molecular weight is 574 g/mol. The van der Waals surface area contributed by atoms with Gasteiger partial charge in [-0.15, -0.1) is 0 Å². The fraction of sp³-hybridized carbons (Fsp3) is 0.229. The molecule has 1 fully saturated rings. The number of benzene rings is 2. The van der Waals surface area contributed by atoms with Crippen molar-refractivity contribution < 1.29 is 14.3 Å². The summed E-state index contributed by atoms with van der Waals surface area (Å²) in [6.07, 6.45) is 1.81. The Labute approximate surface area is 251 Å². The summed E-state index contributed by atoms with van der Waals surface area (Å²) in [4.78, 5) is 36.4. The van der Waals surface area contributed by atoms with Gasteiger partial charge in [0.05, 0.1) is 6.61 Å². The number of amides is 1. The molecule has 4 heterocycles. The number of anilines is 3. The van der Waals surface area contributed by atoms with Crippen molar-refractivity contribution in [2.75, 3.05) is 48.4 Å². The lowest BCUT2D eigenvalue weighted by atomic mass is 10.0. The Morgan fingerprint density at radius 1 is 0.860 bits per heavy atom. The molecule has 0 saturated carbocycles. The third-order valence-electron chi connectivity index (χ3n) is 7.85. The van der Waals surface area contributed by atoms with Crippen LogP contribution >= 0.6 is 0 Å². The number of aryl methyl sites for hydroxylation is 2. The number of pyridine rings is 2. The normalized spacial score (nSPS) is 13.4. The Kier molecular flexibility index (Phi) is 7.94. The molecule has 2 aromatic carbocycles. The zero-order chi connectivity index (χ0) is 29.9. The molecular formula is C35H35N5O3. The molecule has 0 bridgehead atoms. The van der Waals surface area contributed by atoms with Crippen molar-refractivity contribution in [3.05, 3.63) is 114 Å². The second-order valence-electron chi connectivity index (χ2n) is 10.9. The number of ether oxygens (including phenoxy) is 1. The van der Waals surface area contributed by atoms with Gasteiger partial charge in [-0.2, -0.15) is 0 Å². The Hall–Kier alpha value is -4.95. The van der Waals surface area contributed by atoms with E-state index in [9.17, 15) is 9.59 Å². The molecule has 1 aliphatic rings. The van der Waals surface area contributed by atoms with Gasteiger partial charge >= 0.3 is 0 Å². The summed E-state index contributed by atoms with van der Waals surface area (Å²) in [6.45, 7) is 7.88. The van der Waals surface area contributed by atoms with Gasteiger partial charge in [0.1, 0.15) is 11.5 Å². The highest BCUT2D eigenvalue weighted by Crippen LogP contribution is 2.30. The summed E-state index contributed by atoms with van der Waals surface area (Å²) in [5, 5.41) is 2.85. The number of ketones is 1. The minimum atomic E-state index is -0.688. The molecule has 8 heteroatoms. The summed E-state index contributed by atoms with van der Waals surface area (Å²) in [5.74, 6) is -0.270. The van der Waals surface area contributed by atoms with E-state index in [1.54, 1.807) is 11.5 Å². The molecule has 5 aromatic rings. The molecule has 218 valence electrons. The van der Waals surface area contributed by atoms with Crippen molar-refractivity contribution in [1.82, 2.24) is 9.38 Å². The van der Waals surface area contributed by atoms with Crippen LogP contribution in [-0.2, 0) is 16.1 Å². The Balaban J connectivity index is 1.21. The highest BCUT2D eigenvalue weighted by atomic mass is 16.5. The number of hydrogen-bond donors (Lipinski definition) is 1. The molecule has 0 spiro atoms. The molecule has 0 radical (unpaired) electrons. The van der Waals surface area contributed by atoms with Gasteiger partial charge in [-0.3, -0.25) is 9.59 Å². The zero-order valence-corrected chi connectivity index (χ0v) is 24.7.